The molecule has 6 heteroatoms. The predicted molar refractivity (Wildman–Crippen MR) is 80.3 cm³/mol. The summed E-state index contributed by atoms with van der Waals surface area (Å²) in [5.41, 5.74) is 1.05. The van der Waals surface area contributed by atoms with Crippen molar-refractivity contribution in [2.75, 3.05) is 13.2 Å². The second kappa shape index (κ2) is 5.77. The van der Waals surface area contributed by atoms with E-state index < -0.39 is 0 Å². The molecule has 2 atom stereocenters. The number of nitrogens with zero attached hydrogens (tertiary/aromatic N) is 2. The van der Waals surface area contributed by atoms with Gasteiger partial charge in [-0.2, -0.15) is 0 Å². The van der Waals surface area contributed by atoms with Crippen LogP contribution in [0.5, 0.6) is 0 Å². The number of aromatic nitrogens is 1. The van der Waals surface area contributed by atoms with Crippen LogP contribution in [0.2, 0.25) is 0 Å². The van der Waals surface area contributed by atoms with Gasteiger partial charge in [-0.1, -0.05) is 17.3 Å². The highest BCUT2D eigenvalue weighted by Gasteiger charge is 2.39. The van der Waals surface area contributed by atoms with Crippen molar-refractivity contribution in [2.24, 2.45) is 0 Å². The fourth-order valence-corrected chi connectivity index (χ4v) is 3.48. The van der Waals surface area contributed by atoms with Gasteiger partial charge in [-0.15, -0.1) is 0 Å². The van der Waals surface area contributed by atoms with Crippen molar-refractivity contribution < 1.29 is 18.4 Å². The summed E-state index contributed by atoms with van der Waals surface area (Å²) in [5, 5.41) is 3.91. The molecule has 4 rings (SSSR count). The smallest absolute Gasteiger partial charge is 0.292 e. The van der Waals surface area contributed by atoms with E-state index in [1.165, 1.54) is 12.1 Å². The van der Waals surface area contributed by atoms with Crippen molar-refractivity contribution in [1.29, 1.82) is 0 Å². The van der Waals surface area contributed by atoms with Crippen LogP contribution in [-0.2, 0) is 4.74 Å². The normalized spacial score (nSPS) is 23.8. The zero-order chi connectivity index (χ0) is 15.8. The molecule has 0 unspecified atom stereocenters. The Hall–Kier alpha value is -2.21. The molecule has 0 spiro atoms. The maximum atomic E-state index is 13.3. The van der Waals surface area contributed by atoms with Gasteiger partial charge in [0, 0.05) is 18.2 Å². The second-order valence-electron chi connectivity index (χ2n) is 5.99. The Balaban J connectivity index is 1.57. The number of amides is 1. The first kappa shape index (κ1) is 14.4. The van der Waals surface area contributed by atoms with E-state index >= 15 is 0 Å². The van der Waals surface area contributed by atoms with Gasteiger partial charge >= 0.3 is 0 Å². The van der Waals surface area contributed by atoms with E-state index in [4.69, 9.17) is 9.26 Å². The average Bonchev–Trinajstić information content (AvgIpc) is 3.23. The zero-order valence-corrected chi connectivity index (χ0v) is 12.6. The van der Waals surface area contributed by atoms with E-state index in [2.05, 4.69) is 5.16 Å². The summed E-state index contributed by atoms with van der Waals surface area (Å²) >= 11 is 0. The zero-order valence-electron chi connectivity index (χ0n) is 12.6. The Morgan fingerprint density at radius 2 is 2.22 bits per heavy atom. The van der Waals surface area contributed by atoms with E-state index in [9.17, 15) is 9.18 Å². The number of fused-ring (bicyclic) bond motifs is 1. The SMILES string of the molecule is O=C(c1cc(-c2cccc(F)c2)no1)N1CCO[C@@H]2CCC[C@H]21. The quantitative estimate of drug-likeness (QED) is 0.855. The summed E-state index contributed by atoms with van der Waals surface area (Å²) in [4.78, 5) is 14.5. The molecule has 2 fully saturated rings. The monoisotopic (exact) mass is 316 g/mol. The number of ether oxygens (including phenoxy) is 1. The number of benzene rings is 1. The molecule has 23 heavy (non-hydrogen) atoms. The number of halogens is 1. The molecule has 0 bridgehead atoms. The van der Waals surface area contributed by atoms with Crippen LogP contribution in [0.4, 0.5) is 4.39 Å². The lowest BCUT2D eigenvalue weighted by Crippen LogP contribution is -2.51. The predicted octanol–water partition coefficient (Wildman–Crippen LogP) is 2.87. The molecule has 1 aliphatic heterocycles. The molecule has 0 radical (unpaired) electrons. The van der Waals surface area contributed by atoms with E-state index in [0.29, 0.717) is 24.4 Å². The van der Waals surface area contributed by atoms with Crippen LogP contribution in [0.25, 0.3) is 11.3 Å². The highest BCUT2D eigenvalue weighted by Crippen LogP contribution is 2.31. The van der Waals surface area contributed by atoms with Gasteiger partial charge < -0.3 is 14.2 Å². The molecular formula is C17H17FN2O3. The third kappa shape index (κ3) is 2.63. The van der Waals surface area contributed by atoms with Gasteiger partial charge in [0.2, 0.25) is 5.76 Å². The van der Waals surface area contributed by atoms with E-state index in [1.54, 1.807) is 18.2 Å². The maximum absolute atomic E-state index is 13.3. The van der Waals surface area contributed by atoms with Crippen LogP contribution in [0.15, 0.2) is 34.9 Å². The molecule has 2 aliphatic rings. The first-order chi connectivity index (χ1) is 11.2. The number of hydrogen-bond acceptors (Lipinski definition) is 4. The Kier molecular flexibility index (Phi) is 3.61. The summed E-state index contributed by atoms with van der Waals surface area (Å²) in [6, 6.07) is 7.77. The van der Waals surface area contributed by atoms with Crippen LogP contribution in [-0.4, -0.2) is 41.3 Å². The maximum Gasteiger partial charge on any atom is 0.292 e. The van der Waals surface area contributed by atoms with Gasteiger partial charge in [-0.3, -0.25) is 4.79 Å². The molecule has 1 aliphatic carbocycles. The van der Waals surface area contributed by atoms with E-state index in [1.807, 2.05) is 4.90 Å². The lowest BCUT2D eigenvalue weighted by Gasteiger charge is -2.37. The number of morpholine rings is 1. The van der Waals surface area contributed by atoms with Gasteiger partial charge in [0.25, 0.3) is 5.91 Å². The minimum atomic E-state index is -0.347. The molecule has 2 heterocycles. The first-order valence-electron chi connectivity index (χ1n) is 7.87. The number of hydrogen-bond donors (Lipinski definition) is 0. The fourth-order valence-electron chi connectivity index (χ4n) is 3.48. The number of rotatable bonds is 2. The summed E-state index contributed by atoms with van der Waals surface area (Å²) in [6.45, 7) is 1.12. The Morgan fingerprint density at radius 3 is 3.09 bits per heavy atom. The number of carbonyl (C=O) groups is 1. The van der Waals surface area contributed by atoms with Crippen LogP contribution < -0.4 is 0 Å². The van der Waals surface area contributed by atoms with Crippen LogP contribution in [0.3, 0.4) is 0 Å². The topological polar surface area (TPSA) is 55.6 Å². The van der Waals surface area contributed by atoms with Crippen molar-refractivity contribution >= 4 is 5.91 Å². The van der Waals surface area contributed by atoms with Crippen LogP contribution in [0.1, 0.15) is 29.8 Å². The van der Waals surface area contributed by atoms with Crippen molar-refractivity contribution in [3.63, 3.8) is 0 Å². The second-order valence-corrected chi connectivity index (χ2v) is 5.99. The van der Waals surface area contributed by atoms with Crippen LogP contribution in [0, 0.1) is 5.82 Å². The molecule has 1 aromatic carbocycles. The highest BCUT2D eigenvalue weighted by atomic mass is 19.1. The van der Waals surface area contributed by atoms with Gasteiger partial charge in [0.05, 0.1) is 18.8 Å². The summed E-state index contributed by atoms with van der Waals surface area (Å²) in [6.07, 6.45) is 3.17. The Bertz CT molecular complexity index is 730. The lowest BCUT2D eigenvalue weighted by molar-refractivity contribution is -0.0456. The lowest BCUT2D eigenvalue weighted by atomic mass is 10.1. The van der Waals surface area contributed by atoms with Gasteiger partial charge in [-0.25, -0.2) is 4.39 Å². The third-order valence-corrected chi connectivity index (χ3v) is 4.58. The van der Waals surface area contributed by atoms with Gasteiger partial charge in [0.15, 0.2) is 0 Å². The van der Waals surface area contributed by atoms with Crippen molar-refractivity contribution in [3.05, 3.63) is 41.9 Å². The Morgan fingerprint density at radius 1 is 1.30 bits per heavy atom. The highest BCUT2D eigenvalue weighted by molar-refractivity contribution is 5.92. The van der Waals surface area contributed by atoms with Crippen molar-refractivity contribution in [1.82, 2.24) is 10.1 Å². The fraction of sp³-hybridized carbons (Fsp3) is 0.412. The first-order valence-corrected chi connectivity index (χ1v) is 7.87. The molecule has 1 saturated carbocycles. The standard InChI is InChI=1S/C17H17FN2O3/c18-12-4-1-3-11(9-12)13-10-16(23-19-13)17(21)20-7-8-22-15-6-2-5-14(15)20/h1,3-4,9-10,14-15H,2,5-8H2/t14-,15-/m1/s1. The summed E-state index contributed by atoms with van der Waals surface area (Å²) < 4.78 is 24.3. The molecule has 120 valence electrons. The summed E-state index contributed by atoms with van der Waals surface area (Å²) in [5.74, 6) is -0.322. The van der Waals surface area contributed by atoms with Gasteiger partial charge in [-0.05, 0) is 31.4 Å². The minimum absolute atomic E-state index is 0.124. The molecule has 0 N–H and O–H groups in total. The molecule has 5 nitrogen and oxygen atoms in total. The largest absolute Gasteiger partial charge is 0.374 e. The van der Waals surface area contributed by atoms with Gasteiger partial charge in [0.1, 0.15) is 11.5 Å². The molecule has 1 amide bonds. The van der Waals surface area contributed by atoms with Crippen molar-refractivity contribution in [3.8, 4) is 11.3 Å². The van der Waals surface area contributed by atoms with E-state index in [-0.39, 0.29) is 29.6 Å². The third-order valence-electron chi connectivity index (χ3n) is 4.58. The minimum Gasteiger partial charge on any atom is -0.374 e. The van der Waals surface area contributed by atoms with E-state index in [0.717, 1.165) is 19.3 Å². The number of carbonyl (C=O) groups excluding carboxylic acids is 1. The molecular weight excluding hydrogens is 299 g/mol. The van der Waals surface area contributed by atoms with Crippen LogP contribution >= 0.6 is 0 Å². The molecule has 1 saturated heterocycles. The van der Waals surface area contributed by atoms with Crippen molar-refractivity contribution in [2.45, 2.75) is 31.4 Å². The molecule has 1 aromatic heterocycles. The Labute approximate surface area is 133 Å². The summed E-state index contributed by atoms with van der Waals surface area (Å²) in [7, 11) is 0. The average molecular weight is 316 g/mol. The molecule has 2 aromatic rings.